The van der Waals surface area contributed by atoms with E-state index in [1.54, 1.807) is 51.1 Å². The van der Waals surface area contributed by atoms with E-state index < -0.39 is 0 Å². The Morgan fingerprint density at radius 1 is 1.12 bits per heavy atom. The highest BCUT2D eigenvalue weighted by Crippen LogP contribution is 2.30. The van der Waals surface area contributed by atoms with Crippen molar-refractivity contribution in [1.29, 1.82) is 0 Å². The van der Waals surface area contributed by atoms with Crippen LogP contribution in [0.15, 0.2) is 70.7 Å². The number of furan rings is 1. The van der Waals surface area contributed by atoms with E-state index in [1.165, 1.54) is 11.8 Å². The second kappa shape index (κ2) is 10.0. The standard InChI is InChI=1S/C22H21N5O4S/c1-29-18-8-7-16(11-19(18)30-2)24-20(28)14-32-22-26-25-21(15-5-3-9-23-12-15)27(22)13-17-6-4-10-31-17/h3-12H,13-14H2,1-2H3,(H,24,28). The lowest BCUT2D eigenvalue weighted by Crippen LogP contribution is -2.15. The number of nitrogens with zero attached hydrogens (tertiary/aromatic N) is 4. The zero-order valence-electron chi connectivity index (χ0n) is 17.5. The van der Waals surface area contributed by atoms with Gasteiger partial charge >= 0.3 is 0 Å². The molecule has 0 fully saturated rings. The van der Waals surface area contributed by atoms with Gasteiger partial charge in [-0.3, -0.25) is 14.3 Å². The van der Waals surface area contributed by atoms with Crippen LogP contribution in [0.1, 0.15) is 5.76 Å². The third kappa shape index (κ3) is 4.92. The number of carbonyl (C=O) groups excluding carboxylic acids is 1. The van der Waals surface area contributed by atoms with Gasteiger partial charge in [-0.05, 0) is 36.4 Å². The lowest BCUT2D eigenvalue weighted by molar-refractivity contribution is -0.113. The Kier molecular flexibility index (Phi) is 6.71. The number of methoxy groups -OCH3 is 2. The summed E-state index contributed by atoms with van der Waals surface area (Å²) in [6.45, 7) is 0.434. The smallest absolute Gasteiger partial charge is 0.234 e. The lowest BCUT2D eigenvalue weighted by atomic mass is 10.2. The minimum absolute atomic E-state index is 0.150. The first-order valence-electron chi connectivity index (χ1n) is 9.68. The van der Waals surface area contributed by atoms with Crippen molar-refractivity contribution in [3.63, 3.8) is 0 Å². The topological polar surface area (TPSA) is 104 Å². The van der Waals surface area contributed by atoms with Crippen LogP contribution in [-0.2, 0) is 11.3 Å². The van der Waals surface area contributed by atoms with Crippen molar-refractivity contribution >= 4 is 23.4 Å². The molecule has 3 heterocycles. The second-order valence-electron chi connectivity index (χ2n) is 6.62. The van der Waals surface area contributed by atoms with E-state index in [9.17, 15) is 4.79 Å². The van der Waals surface area contributed by atoms with Crippen molar-refractivity contribution in [3.8, 4) is 22.9 Å². The van der Waals surface area contributed by atoms with Crippen LogP contribution in [0.4, 0.5) is 5.69 Å². The summed E-state index contributed by atoms with van der Waals surface area (Å²) in [5.74, 6) is 2.50. The third-order valence-electron chi connectivity index (χ3n) is 4.53. The molecule has 0 saturated heterocycles. The fraction of sp³-hybridized carbons (Fsp3) is 0.182. The van der Waals surface area contributed by atoms with Crippen LogP contribution in [-0.4, -0.2) is 45.6 Å². The zero-order chi connectivity index (χ0) is 22.3. The number of pyridine rings is 1. The monoisotopic (exact) mass is 451 g/mol. The molecule has 10 heteroatoms. The van der Waals surface area contributed by atoms with Crippen molar-refractivity contribution in [2.24, 2.45) is 0 Å². The Hall–Kier alpha value is -3.79. The summed E-state index contributed by atoms with van der Waals surface area (Å²) in [5.41, 5.74) is 1.44. The number of carbonyl (C=O) groups is 1. The zero-order valence-corrected chi connectivity index (χ0v) is 18.3. The van der Waals surface area contributed by atoms with Gasteiger partial charge in [-0.25, -0.2) is 0 Å². The van der Waals surface area contributed by atoms with Gasteiger partial charge in [0.25, 0.3) is 0 Å². The summed E-state index contributed by atoms with van der Waals surface area (Å²) >= 11 is 1.29. The Balaban J connectivity index is 1.49. The Bertz CT molecular complexity index is 1180. The average Bonchev–Trinajstić information content (AvgIpc) is 3.48. The molecule has 0 unspecified atom stereocenters. The number of rotatable bonds is 9. The molecule has 9 nitrogen and oxygen atoms in total. The van der Waals surface area contributed by atoms with Gasteiger partial charge in [0.15, 0.2) is 22.5 Å². The fourth-order valence-corrected chi connectivity index (χ4v) is 3.78. The minimum Gasteiger partial charge on any atom is -0.493 e. The highest BCUT2D eigenvalue weighted by atomic mass is 32.2. The van der Waals surface area contributed by atoms with Gasteiger partial charge in [-0.15, -0.1) is 10.2 Å². The van der Waals surface area contributed by atoms with Gasteiger partial charge < -0.3 is 19.2 Å². The van der Waals surface area contributed by atoms with Crippen LogP contribution < -0.4 is 14.8 Å². The van der Waals surface area contributed by atoms with Crippen LogP contribution in [0.5, 0.6) is 11.5 Å². The van der Waals surface area contributed by atoms with Crippen LogP contribution >= 0.6 is 11.8 Å². The fourth-order valence-electron chi connectivity index (χ4n) is 3.05. The largest absolute Gasteiger partial charge is 0.493 e. The number of anilines is 1. The van der Waals surface area contributed by atoms with E-state index in [0.29, 0.717) is 34.7 Å². The molecule has 0 aliphatic carbocycles. The van der Waals surface area contributed by atoms with Gasteiger partial charge in [0.1, 0.15) is 5.76 Å². The number of benzene rings is 1. The van der Waals surface area contributed by atoms with Crippen molar-refractivity contribution in [3.05, 3.63) is 66.9 Å². The highest BCUT2D eigenvalue weighted by Gasteiger charge is 2.17. The molecule has 4 rings (SSSR count). The van der Waals surface area contributed by atoms with Gasteiger partial charge in [0.2, 0.25) is 5.91 Å². The first kappa shape index (κ1) is 21.4. The summed E-state index contributed by atoms with van der Waals surface area (Å²) in [4.78, 5) is 16.7. The number of ether oxygens (including phenoxy) is 2. The lowest BCUT2D eigenvalue weighted by Gasteiger charge is -2.11. The first-order valence-corrected chi connectivity index (χ1v) is 10.7. The SMILES string of the molecule is COc1ccc(NC(=O)CSc2nnc(-c3cccnc3)n2Cc2ccco2)cc1OC. The molecule has 3 aromatic heterocycles. The van der Waals surface area contributed by atoms with Gasteiger partial charge in [-0.2, -0.15) is 0 Å². The highest BCUT2D eigenvalue weighted by molar-refractivity contribution is 7.99. The molecular formula is C22H21N5O4S. The molecule has 164 valence electrons. The number of amides is 1. The maximum atomic E-state index is 12.6. The summed E-state index contributed by atoms with van der Waals surface area (Å²) < 4.78 is 17.9. The summed E-state index contributed by atoms with van der Waals surface area (Å²) in [7, 11) is 3.11. The van der Waals surface area contributed by atoms with Crippen LogP contribution in [0, 0.1) is 0 Å². The molecule has 0 bridgehead atoms. The predicted molar refractivity (Wildman–Crippen MR) is 120 cm³/mol. The second-order valence-corrected chi connectivity index (χ2v) is 7.56. The molecule has 0 saturated carbocycles. The van der Waals surface area contributed by atoms with E-state index in [2.05, 4.69) is 20.5 Å². The van der Waals surface area contributed by atoms with E-state index in [-0.39, 0.29) is 11.7 Å². The molecule has 32 heavy (non-hydrogen) atoms. The van der Waals surface area contributed by atoms with Crippen LogP contribution in [0.3, 0.4) is 0 Å². The van der Waals surface area contributed by atoms with Gasteiger partial charge in [0, 0.05) is 29.7 Å². The van der Waals surface area contributed by atoms with Gasteiger partial charge in [-0.1, -0.05) is 11.8 Å². The van der Waals surface area contributed by atoms with E-state index in [4.69, 9.17) is 13.9 Å². The Labute approximate surface area is 188 Å². The maximum absolute atomic E-state index is 12.6. The number of nitrogens with one attached hydrogen (secondary N) is 1. The Morgan fingerprint density at radius 2 is 2.00 bits per heavy atom. The first-order chi connectivity index (χ1) is 15.7. The third-order valence-corrected chi connectivity index (χ3v) is 5.50. The summed E-state index contributed by atoms with van der Waals surface area (Å²) in [5, 5.41) is 12.1. The van der Waals surface area contributed by atoms with E-state index in [0.717, 1.165) is 11.3 Å². The van der Waals surface area contributed by atoms with Crippen molar-refractivity contribution < 1.29 is 18.7 Å². The number of aromatic nitrogens is 4. The molecule has 1 amide bonds. The molecule has 1 N–H and O–H groups in total. The molecule has 4 aromatic rings. The Morgan fingerprint density at radius 3 is 2.72 bits per heavy atom. The van der Waals surface area contributed by atoms with Crippen LogP contribution in [0.2, 0.25) is 0 Å². The van der Waals surface area contributed by atoms with E-state index in [1.807, 2.05) is 28.8 Å². The van der Waals surface area contributed by atoms with Crippen LogP contribution in [0.25, 0.3) is 11.4 Å². The summed E-state index contributed by atoms with van der Waals surface area (Å²) in [6.07, 6.45) is 5.04. The molecule has 0 atom stereocenters. The van der Waals surface area contributed by atoms with Crippen molar-refractivity contribution in [2.45, 2.75) is 11.7 Å². The number of hydrogen-bond acceptors (Lipinski definition) is 8. The molecule has 0 radical (unpaired) electrons. The number of hydrogen-bond donors (Lipinski definition) is 1. The maximum Gasteiger partial charge on any atom is 0.234 e. The molecule has 0 spiro atoms. The van der Waals surface area contributed by atoms with E-state index >= 15 is 0 Å². The average molecular weight is 452 g/mol. The quantitative estimate of drug-likeness (QED) is 0.384. The molecule has 0 aliphatic rings. The minimum atomic E-state index is -0.183. The van der Waals surface area contributed by atoms with Gasteiger partial charge in [0.05, 0.1) is 32.8 Å². The molecular weight excluding hydrogens is 430 g/mol. The van der Waals surface area contributed by atoms with Crippen molar-refractivity contribution in [2.75, 3.05) is 25.3 Å². The summed E-state index contributed by atoms with van der Waals surface area (Å²) in [6, 6.07) is 12.7. The number of thioether (sulfide) groups is 1. The normalized spacial score (nSPS) is 10.7. The predicted octanol–water partition coefficient (Wildman–Crippen LogP) is 3.73. The molecule has 1 aromatic carbocycles. The molecule has 0 aliphatic heterocycles. The van der Waals surface area contributed by atoms with Crippen molar-refractivity contribution in [1.82, 2.24) is 19.7 Å².